The molecule has 1 aromatic heterocycles. The highest BCUT2D eigenvalue weighted by Crippen LogP contribution is 2.08. The third kappa shape index (κ3) is 4.58. The predicted octanol–water partition coefficient (Wildman–Crippen LogP) is 1.28. The van der Waals surface area contributed by atoms with Crippen LogP contribution in [-0.4, -0.2) is 65.3 Å². The van der Waals surface area contributed by atoms with Gasteiger partial charge in [0.05, 0.1) is 6.54 Å². The Morgan fingerprint density at radius 1 is 1.12 bits per heavy atom. The molecule has 2 heterocycles. The summed E-state index contributed by atoms with van der Waals surface area (Å²) >= 11 is 0. The van der Waals surface area contributed by atoms with Gasteiger partial charge >= 0.3 is 0 Å². The summed E-state index contributed by atoms with van der Waals surface area (Å²) in [5.41, 5.74) is 1.38. The van der Waals surface area contributed by atoms with Crippen LogP contribution in [0.15, 0.2) is 53.8 Å². The number of guanidine groups is 1. The molecule has 0 aliphatic carbocycles. The molecular formula is C18H26N6. The number of aliphatic imine (C=N–C) groups is 1. The first-order valence-electron chi connectivity index (χ1n) is 8.54. The SMILES string of the molecule is CN=C(NCCn1cccn1)N1CCN(Cc2ccccc2)CC1. The fourth-order valence-electron chi connectivity index (χ4n) is 3.01. The zero-order valence-electron chi connectivity index (χ0n) is 14.3. The van der Waals surface area contributed by atoms with Crippen molar-refractivity contribution in [1.29, 1.82) is 0 Å². The van der Waals surface area contributed by atoms with E-state index >= 15 is 0 Å². The zero-order valence-corrected chi connectivity index (χ0v) is 14.3. The van der Waals surface area contributed by atoms with E-state index in [1.54, 1.807) is 6.20 Å². The summed E-state index contributed by atoms with van der Waals surface area (Å²) in [4.78, 5) is 9.26. The normalized spacial score (nSPS) is 16.4. The predicted molar refractivity (Wildman–Crippen MR) is 96.9 cm³/mol. The van der Waals surface area contributed by atoms with Gasteiger partial charge in [0.25, 0.3) is 0 Å². The van der Waals surface area contributed by atoms with Crippen molar-refractivity contribution in [2.45, 2.75) is 13.1 Å². The second-order valence-electron chi connectivity index (χ2n) is 5.99. The summed E-state index contributed by atoms with van der Waals surface area (Å²) in [6, 6.07) is 12.6. The van der Waals surface area contributed by atoms with E-state index in [2.05, 4.69) is 55.5 Å². The molecule has 0 radical (unpaired) electrons. The lowest BCUT2D eigenvalue weighted by molar-refractivity contribution is 0.172. The number of hydrogen-bond donors (Lipinski definition) is 1. The number of rotatable bonds is 5. The number of nitrogens with zero attached hydrogens (tertiary/aromatic N) is 5. The molecule has 1 saturated heterocycles. The Morgan fingerprint density at radius 3 is 2.58 bits per heavy atom. The molecular weight excluding hydrogens is 300 g/mol. The first-order chi connectivity index (χ1) is 11.8. The molecule has 24 heavy (non-hydrogen) atoms. The van der Waals surface area contributed by atoms with Crippen molar-refractivity contribution in [3.8, 4) is 0 Å². The highest BCUT2D eigenvalue weighted by atomic mass is 15.4. The molecule has 1 aromatic carbocycles. The van der Waals surface area contributed by atoms with Crippen molar-refractivity contribution in [3.05, 3.63) is 54.4 Å². The summed E-state index contributed by atoms with van der Waals surface area (Å²) < 4.78 is 1.93. The van der Waals surface area contributed by atoms with Crippen molar-refractivity contribution in [2.24, 2.45) is 4.99 Å². The second kappa shape index (κ2) is 8.49. The minimum atomic E-state index is 0.832. The van der Waals surface area contributed by atoms with Crippen LogP contribution >= 0.6 is 0 Å². The van der Waals surface area contributed by atoms with E-state index in [1.807, 2.05) is 24.0 Å². The van der Waals surface area contributed by atoms with Gasteiger partial charge in [0.2, 0.25) is 0 Å². The maximum absolute atomic E-state index is 4.42. The van der Waals surface area contributed by atoms with Gasteiger partial charge in [0.15, 0.2) is 5.96 Å². The molecule has 1 aliphatic heterocycles. The van der Waals surface area contributed by atoms with Crippen molar-refractivity contribution in [1.82, 2.24) is 24.9 Å². The van der Waals surface area contributed by atoms with Gasteiger partial charge in [-0.15, -0.1) is 0 Å². The summed E-state index contributed by atoms with van der Waals surface area (Å²) in [5, 5.41) is 7.66. The molecule has 0 atom stereocenters. The van der Waals surface area contributed by atoms with Crippen molar-refractivity contribution >= 4 is 5.96 Å². The maximum Gasteiger partial charge on any atom is 0.193 e. The summed E-state index contributed by atoms with van der Waals surface area (Å²) in [6.45, 7) is 6.85. The Balaban J connectivity index is 1.42. The molecule has 1 aliphatic rings. The number of benzene rings is 1. The Bertz CT molecular complexity index is 614. The van der Waals surface area contributed by atoms with E-state index in [0.717, 1.165) is 51.8 Å². The lowest BCUT2D eigenvalue weighted by atomic mass is 10.2. The standard InChI is InChI=1S/C18H26N6/c1-19-18(20-9-11-24-10-5-8-21-24)23-14-12-22(13-15-23)16-17-6-3-2-4-7-17/h2-8,10H,9,11-16H2,1H3,(H,19,20). The van der Waals surface area contributed by atoms with Gasteiger partial charge in [0.1, 0.15) is 0 Å². The highest BCUT2D eigenvalue weighted by Gasteiger charge is 2.19. The second-order valence-corrected chi connectivity index (χ2v) is 5.99. The van der Waals surface area contributed by atoms with Crippen LogP contribution in [-0.2, 0) is 13.1 Å². The molecule has 0 bridgehead atoms. The Morgan fingerprint density at radius 2 is 1.92 bits per heavy atom. The van der Waals surface area contributed by atoms with Crippen LogP contribution in [0.3, 0.4) is 0 Å². The molecule has 1 N–H and O–H groups in total. The molecule has 1 fully saturated rings. The quantitative estimate of drug-likeness (QED) is 0.664. The molecule has 6 nitrogen and oxygen atoms in total. The van der Waals surface area contributed by atoms with Crippen LogP contribution in [0.4, 0.5) is 0 Å². The Hall–Kier alpha value is -2.34. The maximum atomic E-state index is 4.42. The van der Waals surface area contributed by atoms with E-state index in [9.17, 15) is 0 Å². The summed E-state index contributed by atoms with van der Waals surface area (Å²) in [5.74, 6) is 0.988. The van der Waals surface area contributed by atoms with Crippen molar-refractivity contribution in [3.63, 3.8) is 0 Å². The van der Waals surface area contributed by atoms with Gasteiger partial charge in [0, 0.05) is 58.7 Å². The first kappa shape index (κ1) is 16.5. The molecule has 128 valence electrons. The van der Waals surface area contributed by atoms with Crippen LogP contribution < -0.4 is 5.32 Å². The van der Waals surface area contributed by atoms with E-state index in [0.29, 0.717) is 0 Å². The molecule has 6 heteroatoms. The van der Waals surface area contributed by atoms with Crippen LogP contribution in [0, 0.1) is 0 Å². The van der Waals surface area contributed by atoms with E-state index in [4.69, 9.17) is 0 Å². The van der Waals surface area contributed by atoms with Gasteiger partial charge in [-0.05, 0) is 11.6 Å². The third-order valence-corrected chi connectivity index (χ3v) is 4.32. The fourth-order valence-corrected chi connectivity index (χ4v) is 3.01. The minimum Gasteiger partial charge on any atom is -0.354 e. The molecule has 0 spiro atoms. The molecule has 0 unspecified atom stereocenters. The van der Waals surface area contributed by atoms with E-state index in [-0.39, 0.29) is 0 Å². The molecule has 0 amide bonds. The number of nitrogens with one attached hydrogen (secondary N) is 1. The molecule has 0 saturated carbocycles. The van der Waals surface area contributed by atoms with Gasteiger partial charge < -0.3 is 10.2 Å². The first-order valence-corrected chi connectivity index (χ1v) is 8.54. The topological polar surface area (TPSA) is 48.7 Å². The van der Waals surface area contributed by atoms with Crippen LogP contribution in [0.2, 0.25) is 0 Å². The van der Waals surface area contributed by atoms with E-state index in [1.165, 1.54) is 5.56 Å². The Labute approximate surface area is 143 Å². The van der Waals surface area contributed by atoms with Gasteiger partial charge in [-0.3, -0.25) is 14.6 Å². The van der Waals surface area contributed by atoms with Crippen LogP contribution in [0.5, 0.6) is 0 Å². The third-order valence-electron chi connectivity index (χ3n) is 4.32. The zero-order chi connectivity index (χ0) is 16.6. The van der Waals surface area contributed by atoms with E-state index < -0.39 is 0 Å². The number of aromatic nitrogens is 2. The van der Waals surface area contributed by atoms with Crippen molar-refractivity contribution < 1.29 is 0 Å². The number of hydrogen-bond acceptors (Lipinski definition) is 3. The fraction of sp³-hybridized carbons (Fsp3) is 0.444. The lowest BCUT2D eigenvalue weighted by Gasteiger charge is -2.36. The minimum absolute atomic E-state index is 0.832. The van der Waals surface area contributed by atoms with Gasteiger partial charge in [-0.25, -0.2) is 0 Å². The number of piperazine rings is 1. The largest absolute Gasteiger partial charge is 0.354 e. The lowest BCUT2D eigenvalue weighted by Crippen LogP contribution is -2.52. The monoisotopic (exact) mass is 326 g/mol. The molecule has 2 aromatic rings. The molecule has 3 rings (SSSR count). The highest BCUT2D eigenvalue weighted by molar-refractivity contribution is 5.79. The summed E-state index contributed by atoms with van der Waals surface area (Å²) in [6.07, 6.45) is 3.79. The van der Waals surface area contributed by atoms with Crippen molar-refractivity contribution in [2.75, 3.05) is 39.8 Å². The van der Waals surface area contributed by atoms with Gasteiger partial charge in [-0.1, -0.05) is 30.3 Å². The van der Waals surface area contributed by atoms with Crippen LogP contribution in [0.1, 0.15) is 5.56 Å². The average molecular weight is 326 g/mol. The Kier molecular flexibility index (Phi) is 5.85. The van der Waals surface area contributed by atoms with Gasteiger partial charge in [-0.2, -0.15) is 5.10 Å². The average Bonchev–Trinajstić information content (AvgIpc) is 3.14. The summed E-state index contributed by atoms with van der Waals surface area (Å²) in [7, 11) is 1.85. The smallest absolute Gasteiger partial charge is 0.193 e. The van der Waals surface area contributed by atoms with Crippen LogP contribution in [0.25, 0.3) is 0 Å².